The van der Waals surface area contributed by atoms with Gasteiger partial charge in [-0.15, -0.1) is 0 Å². The summed E-state index contributed by atoms with van der Waals surface area (Å²) in [6.07, 6.45) is -0.684. The minimum Gasteiger partial charge on any atom is -0.493 e. The number of primary amides is 1. The maximum atomic E-state index is 14.4. The smallest absolute Gasteiger partial charge is 0.408 e. The number of nitrogens with two attached hydrogens (primary N) is 1. The van der Waals surface area contributed by atoms with Crippen molar-refractivity contribution >= 4 is 23.8 Å². The van der Waals surface area contributed by atoms with Gasteiger partial charge >= 0.3 is 6.09 Å². The van der Waals surface area contributed by atoms with E-state index >= 15 is 0 Å². The third-order valence-electron chi connectivity index (χ3n) is 8.80. The van der Waals surface area contributed by atoms with Crippen molar-refractivity contribution in [2.24, 2.45) is 5.73 Å². The van der Waals surface area contributed by atoms with Gasteiger partial charge in [0.2, 0.25) is 23.5 Å². The van der Waals surface area contributed by atoms with Crippen molar-refractivity contribution in [3.05, 3.63) is 53.6 Å². The van der Waals surface area contributed by atoms with Crippen molar-refractivity contribution in [3.63, 3.8) is 0 Å². The van der Waals surface area contributed by atoms with E-state index in [1.54, 1.807) is 12.1 Å². The van der Waals surface area contributed by atoms with Gasteiger partial charge in [0.25, 0.3) is 0 Å². The molecule has 0 spiro atoms. The second kappa shape index (κ2) is 14.1. The molecular weight excluding hydrogens is 584 g/mol. The van der Waals surface area contributed by atoms with Gasteiger partial charge in [-0.1, -0.05) is 30.3 Å². The molecule has 0 aliphatic carbocycles. The van der Waals surface area contributed by atoms with Crippen molar-refractivity contribution in [2.75, 3.05) is 27.9 Å². The number of ether oxygens (including phenoxy) is 3. The Morgan fingerprint density at radius 3 is 2.20 bits per heavy atom. The number of hydrogen-bond acceptors (Lipinski definition) is 8. The minimum absolute atomic E-state index is 0.0280. The minimum atomic E-state index is -1.55. The Bertz CT molecular complexity index is 1380. The first-order valence-electron chi connectivity index (χ1n) is 14.9. The van der Waals surface area contributed by atoms with Crippen molar-refractivity contribution in [3.8, 4) is 17.2 Å². The number of methoxy groups -OCH3 is 3. The number of carbonyl (C=O) groups excluding carboxylic acids is 3. The lowest BCUT2D eigenvalue weighted by Gasteiger charge is -2.41. The summed E-state index contributed by atoms with van der Waals surface area (Å²) in [5.41, 5.74) is 5.47. The molecule has 244 valence electrons. The molecule has 4 amide bonds. The standard InChI is InChI=1S/C32H42N4O9/c1-19(37)26(28(33)38)34-30(40)32(18-21-16-24(43-2)27(45-4)25(17-21)44-3)13-8-14-35(32)29(39)23-12-11-22(36(23)31(41)42)15-20-9-6-5-7-10-20/h5-7,9-10,16-17,19,22-23,26,37H,8,11-15,18H2,1-4H3,(H2,33,38)(H,34,40)(H,41,42). The summed E-state index contributed by atoms with van der Waals surface area (Å²) in [6, 6.07) is 9.98. The van der Waals surface area contributed by atoms with Crippen LogP contribution in [0.2, 0.25) is 0 Å². The van der Waals surface area contributed by atoms with E-state index in [9.17, 15) is 29.4 Å². The quantitative estimate of drug-likeness (QED) is 0.273. The number of aliphatic hydroxyl groups excluding tert-OH is 1. The first-order chi connectivity index (χ1) is 21.5. The van der Waals surface area contributed by atoms with Gasteiger partial charge in [0, 0.05) is 19.0 Å². The maximum Gasteiger partial charge on any atom is 0.408 e. The molecule has 4 rings (SSSR count). The number of rotatable bonds is 12. The number of amides is 4. The molecule has 2 aliphatic heterocycles. The SMILES string of the molecule is COc1cc(CC2(C(=O)NC(C(N)=O)C(C)O)CCCN2C(=O)C2CCC(Cc3ccccc3)N2C(=O)O)cc(OC)c1OC. The first-order valence-corrected chi connectivity index (χ1v) is 14.9. The van der Waals surface area contributed by atoms with Crippen molar-refractivity contribution in [1.29, 1.82) is 0 Å². The normalized spacial score (nSPS) is 22.4. The zero-order valence-electron chi connectivity index (χ0n) is 26.0. The molecule has 2 fully saturated rings. The molecule has 2 saturated heterocycles. The van der Waals surface area contributed by atoms with E-state index in [0.29, 0.717) is 48.5 Å². The fourth-order valence-electron chi connectivity index (χ4n) is 6.66. The third-order valence-corrected chi connectivity index (χ3v) is 8.80. The number of benzene rings is 2. The van der Waals surface area contributed by atoms with Gasteiger partial charge in [-0.25, -0.2) is 4.79 Å². The Morgan fingerprint density at radius 2 is 1.67 bits per heavy atom. The monoisotopic (exact) mass is 626 g/mol. The summed E-state index contributed by atoms with van der Waals surface area (Å²) in [4.78, 5) is 56.0. The van der Waals surface area contributed by atoms with Gasteiger partial charge in [-0.3, -0.25) is 19.3 Å². The van der Waals surface area contributed by atoms with Crippen LogP contribution >= 0.6 is 0 Å². The van der Waals surface area contributed by atoms with E-state index in [1.165, 1.54) is 38.1 Å². The number of likely N-dealkylation sites (tertiary alicyclic amines) is 2. The van der Waals surface area contributed by atoms with E-state index in [1.807, 2.05) is 30.3 Å². The van der Waals surface area contributed by atoms with Gasteiger partial charge < -0.3 is 40.4 Å². The molecule has 45 heavy (non-hydrogen) atoms. The summed E-state index contributed by atoms with van der Waals surface area (Å²) in [7, 11) is 4.39. The van der Waals surface area contributed by atoms with E-state index in [-0.39, 0.29) is 19.4 Å². The average molecular weight is 627 g/mol. The Kier molecular flexibility index (Phi) is 10.4. The van der Waals surface area contributed by atoms with Crippen LogP contribution in [0.4, 0.5) is 4.79 Å². The van der Waals surface area contributed by atoms with Crippen molar-refractivity contribution in [1.82, 2.24) is 15.1 Å². The summed E-state index contributed by atoms with van der Waals surface area (Å²) >= 11 is 0. The lowest BCUT2D eigenvalue weighted by Crippen LogP contribution is -2.65. The fourth-order valence-corrected chi connectivity index (χ4v) is 6.66. The van der Waals surface area contributed by atoms with Gasteiger partial charge in [-0.05, 0) is 62.3 Å². The van der Waals surface area contributed by atoms with Crippen LogP contribution in [0.3, 0.4) is 0 Å². The van der Waals surface area contributed by atoms with E-state index in [4.69, 9.17) is 19.9 Å². The van der Waals surface area contributed by atoms with E-state index < -0.39 is 53.6 Å². The Balaban J connectivity index is 1.74. The number of carboxylic acid groups (broad SMARTS) is 1. The zero-order valence-corrected chi connectivity index (χ0v) is 26.0. The maximum absolute atomic E-state index is 14.4. The van der Waals surface area contributed by atoms with Gasteiger partial charge in [0.1, 0.15) is 17.6 Å². The van der Waals surface area contributed by atoms with Crippen LogP contribution in [0.15, 0.2) is 42.5 Å². The van der Waals surface area contributed by atoms with Crippen LogP contribution in [-0.2, 0) is 27.2 Å². The number of nitrogens with one attached hydrogen (secondary N) is 1. The fraction of sp³-hybridized carbons (Fsp3) is 0.500. The molecule has 2 aliphatic rings. The molecule has 0 bridgehead atoms. The molecule has 5 unspecified atom stereocenters. The van der Waals surface area contributed by atoms with Crippen LogP contribution in [0.5, 0.6) is 17.2 Å². The molecule has 5 atom stereocenters. The summed E-state index contributed by atoms with van der Waals surface area (Å²) in [5.74, 6) is -1.10. The number of hydrogen-bond donors (Lipinski definition) is 4. The van der Waals surface area contributed by atoms with Gasteiger partial charge in [-0.2, -0.15) is 0 Å². The highest BCUT2D eigenvalue weighted by atomic mass is 16.5. The molecule has 2 heterocycles. The Labute approximate surface area is 262 Å². The first kappa shape index (κ1) is 33.4. The lowest BCUT2D eigenvalue weighted by molar-refractivity contribution is -0.149. The van der Waals surface area contributed by atoms with E-state index in [0.717, 1.165) is 5.56 Å². The highest BCUT2D eigenvalue weighted by molar-refractivity contribution is 5.97. The molecule has 0 aromatic heterocycles. The summed E-state index contributed by atoms with van der Waals surface area (Å²) < 4.78 is 16.5. The molecule has 0 radical (unpaired) electrons. The molecule has 2 aromatic carbocycles. The van der Waals surface area contributed by atoms with Crippen LogP contribution in [0, 0.1) is 0 Å². The molecule has 5 N–H and O–H groups in total. The van der Waals surface area contributed by atoms with Crippen molar-refractivity contribution in [2.45, 2.75) is 75.2 Å². The highest BCUT2D eigenvalue weighted by Gasteiger charge is 2.54. The van der Waals surface area contributed by atoms with Gasteiger partial charge in [0.15, 0.2) is 11.5 Å². The van der Waals surface area contributed by atoms with Crippen LogP contribution in [0.1, 0.15) is 43.7 Å². The molecule has 0 saturated carbocycles. The topological polar surface area (TPSA) is 181 Å². The van der Waals surface area contributed by atoms with Crippen molar-refractivity contribution < 1.29 is 43.6 Å². The largest absolute Gasteiger partial charge is 0.493 e. The molecule has 13 nitrogen and oxygen atoms in total. The summed E-state index contributed by atoms with van der Waals surface area (Å²) in [6.45, 7) is 1.51. The number of carbonyl (C=O) groups is 4. The van der Waals surface area contributed by atoms with Crippen LogP contribution in [-0.4, -0.2) is 101 Å². The second-order valence-electron chi connectivity index (χ2n) is 11.6. The predicted octanol–water partition coefficient (Wildman–Crippen LogP) is 1.72. The molecule has 13 heteroatoms. The summed E-state index contributed by atoms with van der Waals surface area (Å²) in [5, 5.41) is 23.1. The van der Waals surface area contributed by atoms with Crippen LogP contribution < -0.4 is 25.3 Å². The predicted molar refractivity (Wildman–Crippen MR) is 163 cm³/mol. The molecule has 2 aromatic rings. The Morgan fingerprint density at radius 1 is 1.02 bits per heavy atom. The van der Waals surface area contributed by atoms with E-state index in [2.05, 4.69) is 5.32 Å². The number of nitrogens with zero attached hydrogens (tertiary/aromatic N) is 2. The number of aliphatic hydroxyl groups is 1. The van der Waals surface area contributed by atoms with Gasteiger partial charge in [0.05, 0.1) is 27.4 Å². The van der Waals surface area contributed by atoms with Crippen LogP contribution in [0.25, 0.3) is 0 Å². The zero-order chi connectivity index (χ0) is 32.9. The second-order valence-corrected chi connectivity index (χ2v) is 11.6. The lowest BCUT2D eigenvalue weighted by atomic mass is 9.85. The third kappa shape index (κ3) is 6.77. The highest BCUT2D eigenvalue weighted by Crippen LogP contribution is 2.42. The Hall–Kier alpha value is -4.52. The average Bonchev–Trinajstić information content (AvgIpc) is 3.64. The molecular formula is C32H42N4O9.